The Labute approximate surface area is 137 Å². The summed E-state index contributed by atoms with van der Waals surface area (Å²) in [6.07, 6.45) is 8.12. The Morgan fingerprint density at radius 3 is 2.61 bits per heavy atom. The summed E-state index contributed by atoms with van der Waals surface area (Å²) in [4.78, 5) is 33.4. The maximum Gasteiger partial charge on any atom is 0.256 e. The zero-order valence-electron chi connectivity index (χ0n) is 13.8. The summed E-state index contributed by atoms with van der Waals surface area (Å²) >= 11 is 0. The van der Waals surface area contributed by atoms with Gasteiger partial charge in [0.1, 0.15) is 6.04 Å². The molecule has 0 aromatic carbocycles. The van der Waals surface area contributed by atoms with E-state index in [-0.39, 0.29) is 17.9 Å². The number of pyridine rings is 1. The first-order chi connectivity index (χ1) is 11.2. The number of carbonyl (C=O) groups excluding carboxylic acids is 2. The Kier molecular flexibility index (Phi) is 4.94. The van der Waals surface area contributed by atoms with Gasteiger partial charge < -0.3 is 9.80 Å². The van der Waals surface area contributed by atoms with Gasteiger partial charge in [-0.2, -0.15) is 0 Å². The topological polar surface area (TPSA) is 53.5 Å². The van der Waals surface area contributed by atoms with Crippen molar-refractivity contribution in [2.24, 2.45) is 5.92 Å². The predicted molar refractivity (Wildman–Crippen MR) is 87.9 cm³/mol. The Balaban J connectivity index is 1.73. The SMILES string of the molecule is CC1CCN(C(=O)[C@@H]2CCCCN2C(=O)c2cccnc2)CC1. The minimum atomic E-state index is -0.301. The second-order valence-corrected chi connectivity index (χ2v) is 6.76. The van der Waals surface area contributed by atoms with Crippen molar-refractivity contribution in [2.75, 3.05) is 19.6 Å². The van der Waals surface area contributed by atoms with E-state index in [2.05, 4.69) is 11.9 Å². The number of likely N-dealkylation sites (tertiary alicyclic amines) is 2. The van der Waals surface area contributed by atoms with Crippen molar-refractivity contribution in [3.05, 3.63) is 30.1 Å². The number of rotatable bonds is 2. The summed E-state index contributed by atoms with van der Waals surface area (Å²) < 4.78 is 0. The van der Waals surface area contributed by atoms with Crippen LogP contribution in [0.2, 0.25) is 0 Å². The summed E-state index contributed by atoms with van der Waals surface area (Å²) in [7, 11) is 0. The van der Waals surface area contributed by atoms with Crippen molar-refractivity contribution in [2.45, 2.75) is 45.1 Å². The molecule has 0 saturated carbocycles. The zero-order valence-corrected chi connectivity index (χ0v) is 13.8. The number of nitrogens with zero attached hydrogens (tertiary/aromatic N) is 3. The van der Waals surface area contributed by atoms with Gasteiger partial charge in [0.05, 0.1) is 5.56 Å². The fourth-order valence-electron chi connectivity index (χ4n) is 3.53. The predicted octanol–water partition coefficient (Wildman–Crippen LogP) is 2.33. The van der Waals surface area contributed by atoms with E-state index in [1.54, 1.807) is 29.4 Å². The number of piperidine rings is 2. The number of hydrogen-bond donors (Lipinski definition) is 0. The average molecular weight is 315 g/mol. The molecule has 3 rings (SSSR count). The van der Waals surface area contributed by atoms with E-state index in [4.69, 9.17) is 0 Å². The first kappa shape index (κ1) is 16.0. The molecule has 124 valence electrons. The molecule has 0 unspecified atom stereocenters. The van der Waals surface area contributed by atoms with Gasteiger partial charge in [-0.3, -0.25) is 14.6 Å². The third kappa shape index (κ3) is 3.54. The molecule has 1 aromatic heterocycles. The second-order valence-electron chi connectivity index (χ2n) is 6.76. The van der Waals surface area contributed by atoms with Crippen LogP contribution in [0, 0.1) is 5.92 Å². The van der Waals surface area contributed by atoms with Crippen molar-refractivity contribution in [3.63, 3.8) is 0 Å². The van der Waals surface area contributed by atoms with Crippen LogP contribution in [0.4, 0.5) is 0 Å². The van der Waals surface area contributed by atoms with Crippen LogP contribution in [0.3, 0.4) is 0 Å². The molecule has 1 aromatic rings. The van der Waals surface area contributed by atoms with Gasteiger partial charge in [0.2, 0.25) is 5.91 Å². The van der Waals surface area contributed by atoms with Gasteiger partial charge >= 0.3 is 0 Å². The van der Waals surface area contributed by atoms with Crippen LogP contribution in [0.15, 0.2) is 24.5 Å². The molecule has 2 fully saturated rings. The normalized spacial score (nSPS) is 22.9. The van der Waals surface area contributed by atoms with Crippen LogP contribution >= 0.6 is 0 Å². The molecule has 0 bridgehead atoms. The molecular formula is C18H25N3O2. The zero-order chi connectivity index (χ0) is 16.2. The van der Waals surface area contributed by atoms with Crippen molar-refractivity contribution in [3.8, 4) is 0 Å². The van der Waals surface area contributed by atoms with E-state index in [1.807, 2.05) is 4.90 Å². The van der Waals surface area contributed by atoms with Gasteiger partial charge in [0.25, 0.3) is 5.91 Å². The van der Waals surface area contributed by atoms with E-state index >= 15 is 0 Å². The van der Waals surface area contributed by atoms with Gasteiger partial charge in [-0.15, -0.1) is 0 Å². The lowest BCUT2D eigenvalue weighted by atomic mass is 9.96. The first-order valence-electron chi connectivity index (χ1n) is 8.66. The summed E-state index contributed by atoms with van der Waals surface area (Å²) in [5.41, 5.74) is 0.569. The summed E-state index contributed by atoms with van der Waals surface area (Å²) in [6.45, 7) is 4.55. The highest BCUT2D eigenvalue weighted by atomic mass is 16.2. The van der Waals surface area contributed by atoms with Crippen LogP contribution in [0.1, 0.15) is 49.4 Å². The molecule has 1 atom stereocenters. The highest BCUT2D eigenvalue weighted by molar-refractivity contribution is 5.97. The van der Waals surface area contributed by atoms with Crippen LogP contribution in [-0.4, -0.2) is 52.3 Å². The lowest BCUT2D eigenvalue weighted by molar-refractivity contribution is -0.138. The monoisotopic (exact) mass is 315 g/mol. The van der Waals surface area contributed by atoms with Crippen LogP contribution < -0.4 is 0 Å². The summed E-state index contributed by atoms with van der Waals surface area (Å²) in [5.74, 6) is 0.758. The third-order valence-electron chi connectivity index (χ3n) is 5.05. The van der Waals surface area contributed by atoms with Gasteiger partial charge in [0, 0.05) is 32.0 Å². The summed E-state index contributed by atoms with van der Waals surface area (Å²) in [6, 6.07) is 3.23. The molecule has 23 heavy (non-hydrogen) atoms. The lowest BCUT2D eigenvalue weighted by Crippen LogP contribution is -2.54. The molecule has 3 heterocycles. The number of hydrogen-bond acceptors (Lipinski definition) is 3. The van der Waals surface area contributed by atoms with E-state index in [0.29, 0.717) is 18.0 Å². The van der Waals surface area contributed by atoms with E-state index < -0.39 is 0 Å². The number of carbonyl (C=O) groups is 2. The van der Waals surface area contributed by atoms with Crippen molar-refractivity contribution in [1.29, 1.82) is 0 Å². The Morgan fingerprint density at radius 1 is 1.13 bits per heavy atom. The molecule has 2 saturated heterocycles. The Morgan fingerprint density at radius 2 is 1.91 bits per heavy atom. The van der Waals surface area contributed by atoms with Crippen molar-refractivity contribution >= 4 is 11.8 Å². The molecule has 0 N–H and O–H groups in total. The highest BCUT2D eigenvalue weighted by Gasteiger charge is 2.35. The highest BCUT2D eigenvalue weighted by Crippen LogP contribution is 2.24. The maximum absolute atomic E-state index is 12.9. The molecule has 2 aliphatic rings. The average Bonchev–Trinajstić information content (AvgIpc) is 2.62. The maximum atomic E-state index is 12.9. The fraction of sp³-hybridized carbons (Fsp3) is 0.611. The lowest BCUT2D eigenvalue weighted by Gasteiger charge is -2.39. The van der Waals surface area contributed by atoms with Gasteiger partial charge in [-0.1, -0.05) is 6.92 Å². The molecule has 5 heteroatoms. The van der Waals surface area contributed by atoms with Gasteiger partial charge in [-0.05, 0) is 50.2 Å². The third-order valence-corrected chi connectivity index (χ3v) is 5.05. The minimum absolute atomic E-state index is 0.0680. The molecule has 0 aliphatic carbocycles. The van der Waals surface area contributed by atoms with Gasteiger partial charge in [-0.25, -0.2) is 0 Å². The van der Waals surface area contributed by atoms with Crippen molar-refractivity contribution < 1.29 is 9.59 Å². The molecule has 2 amide bonds. The first-order valence-corrected chi connectivity index (χ1v) is 8.66. The molecule has 2 aliphatic heterocycles. The molecular weight excluding hydrogens is 290 g/mol. The van der Waals surface area contributed by atoms with E-state index in [9.17, 15) is 9.59 Å². The fourth-order valence-corrected chi connectivity index (χ4v) is 3.53. The van der Waals surface area contributed by atoms with Gasteiger partial charge in [0.15, 0.2) is 0 Å². The standard InChI is InChI=1S/C18H25N3O2/c1-14-7-11-20(12-8-14)18(23)16-6-2-3-10-21(16)17(22)15-5-4-9-19-13-15/h4-5,9,13-14,16H,2-3,6-8,10-12H2,1H3/t16-/m0/s1. The van der Waals surface area contributed by atoms with Crippen molar-refractivity contribution in [1.82, 2.24) is 14.8 Å². The molecule has 5 nitrogen and oxygen atoms in total. The molecule has 0 spiro atoms. The van der Waals surface area contributed by atoms with E-state index in [0.717, 1.165) is 45.2 Å². The smallest absolute Gasteiger partial charge is 0.256 e. The van der Waals surface area contributed by atoms with Crippen LogP contribution in [-0.2, 0) is 4.79 Å². The quantitative estimate of drug-likeness (QED) is 0.842. The minimum Gasteiger partial charge on any atom is -0.341 e. The Hall–Kier alpha value is -1.91. The van der Waals surface area contributed by atoms with E-state index in [1.165, 1.54) is 0 Å². The Bertz CT molecular complexity index is 553. The summed E-state index contributed by atoms with van der Waals surface area (Å²) in [5, 5.41) is 0. The number of amides is 2. The van der Waals surface area contributed by atoms with Crippen LogP contribution in [0.5, 0.6) is 0 Å². The second kappa shape index (κ2) is 7.11. The largest absolute Gasteiger partial charge is 0.341 e. The van der Waals surface area contributed by atoms with Crippen LogP contribution in [0.25, 0.3) is 0 Å². The molecule has 0 radical (unpaired) electrons. The number of aromatic nitrogens is 1.